The molecule has 10 nitrogen and oxygen atoms in total. The number of nitrogens with zero attached hydrogens (tertiary/aromatic N) is 4. The number of thioether (sulfide) groups is 1. The van der Waals surface area contributed by atoms with Gasteiger partial charge in [-0.25, -0.2) is 8.42 Å². The minimum absolute atomic E-state index is 0.0418. The molecule has 0 saturated carbocycles. The lowest BCUT2D eigenvalue weighted by atomic mass is 10.2. The van der Waals surface area contributed by atoms with Gasteiger partial charge in [0.25, 0.3) is 5.69 Å². The van der Waals surface area contributed by atoms with Gasteiger partial charge in [-0.05, 0) is 18.9 Å². The van der Waals surface area contributed by atoms with Crippen LogP contribution in [0.2, 0.25) is 0 Å². The van der Waals surface area contributed by atoms with Crippen LogP contribution >= 0.6 is 23.1 Å². The number of nitrogens with one attached hydrogen (secondary N) is 1. The van der Waals surface area contributed by atoms with Crippen LogP contribution in [0.4, 0.5) is 16.5 Å². The molecular weight excluding hydrogens is 438 g/mol. The lowest BCUT2D eigenvalue weighted by molar-refractivity contribution is -0.384. The molecule has 29 heavy (non-hydrogen) atoms. The largest absolute Gasteiger partial charge is 0.299 e. The van der Waals surface area contributed by atoms with Crippen LogP contribution in [-0.2, 0) is 14.8 Å². The number of hydrogen-bond donors (Lipinski definition) is 1. The van der Waals surface area contributed by atoms with E-state index in [1.165, 1.54) is 41.3 Å². The van der Waals surface area contributed by atoms with Crippen LogP contribution in [0.5, 0.6) is 0 Å². The smallest absolute Gasteiger partial charge is 0.271 e. The summed E-state index contributed by atoms with van der Waals surface area (Å²) in [5, 5.41) is 21.8. The number of sulfonamides is 1. The maximum absolute atomic E-state index is 12.8. The van der Waals surface area contributed by atoms with Crippen LogP contribution in [0.15, 0.2) is 28.6 Å². The highest BCUT2D eigenvalue weighted by Gasteiger charge is 2.32. The van der Waals surface area contributed by atoms with Gasteiger partial charge in [-0.3, -0.25) is 24.5 Å². The van der Waals surface area contributed by atoms with Crippen LogP contribution in [0.3, 0.4) is 0 Å². The molecule has 0 aliphatic carbocycles. The monoisotopic (exact) mass is 459 g/mol. The Balaban J connectivity index is 2.31. The van der Waals surface area contributed by atoms with Gasteiger partial charge in [0.2, 0.25) is 21.1 Å². The zero-order valence-corrected chi connectivity index (χ0v) is 18.5. The fraction of sp³-hybridized carbons (Fsp3) is 0.438. The first kappa shape index (κ1) is 23.0. The van der Waals surface area contributed by atoms with E-state index in [1.54, 1.807) is 6.92 Å². The van der Waals surface area contributed by atoms with E-state index in [-0.39, 0.29) is 22.9 Å². The molecule has 0 spiro atoms. The van der Waals surface area contributed by atoms with Gasteiger partial charge < -0.3 is 0 Å². The number of benzene rings is 1. The molecule has 1 heterocycles. The fourth-order valence-corrected chi connectivity index (χ4v) is 5.38. The SMILES string of the molecule is CCCSc1nnc(NC(=O)C(CC)N(c2cccc([N+](=O)[O-])c2)S(C)(=O)=O)s1. The van der Waals surface area contributed by atoms with Crippen molar-refractivity contribution in [1.82, 2.24) is 10.2 Å². The molecule has 1 unspecified atom stereocenters. The van der Waals surface area contributed by atoms with Gasteiger partial charge in [0.1, 0.15) is 6.04 Å². The van der Waals surface area contributed by atoms with Crippen LogP contribution in [0, 0.1) is 10.1 Å². The zero-order valence-electron chi connectivity index (χ0n) is 16.1. The summed E-state index contributed by atoms with van der Waals surface area (Å²) in [4.78, 5) is 23.3. The lowest BCUT2D eigenvalue weighted by Crippen LogP contribution is -2.47. The second kappa shape index (κ2) is 9.98. The highest BCUT2D eigenvalue weighted by molar-refractivity contribution is 8.01. The Bertz CT molecular complexity index is 979. The topological polar surface area (TPSA) is 135 Å². The number of non-ortho nitro benzene ring substituents is 1. The van der Waals surface area contributed by atoms with Gasteiger partial charge in [-0.15, -0.1) is 10.2 Å². The van der Waals surface area contributed by atoms with Gasteiger partial charge >= 0.3 is 0 Å². The first-order valence-corrected chi connectivity index (χ1v) is 12.3. The minimum Gasteiger partial charge on any atom is -0.299 e. The molecule has 1 aromatic heterocycles. The highest BCUT2D eigenvalue weighted by atomic mass is 32.2. The number of rotatable bonds is 10. The maximum atomic E-state index is 12.8. The molecule has 2 rings (SSSR count). The number of aromatic nitrogens is 2. The number of carbonyl (C=O) groups is 1. The predicted molar refractivity (Wildman–Crippen MR) is 114 cm³/mol. The van der Waals surface area contributed by atoms with E-state index in [9.17, 15) is 23.3 Å². The second-order valence-electron chi connectivity index (χ2n) is 5.97. The summed E-state index contributed by atoms with van der Waals surface area (Å²) < 4.78 is 26.5. The molecule has 1 atom stereocenters. The number of nitro benzene ring substituents is 1. The molecule has 158 valence electrons. The fourth-order valence-electron chi connectivity index (χ4n) is 2.50. The van der Waals surface area contributed by atoms with E-state index in [0.717, 1.165) is 28.8 Å². The van der Waals surface area contributed by atoms with Crippen molar-refractivity contribution in [2.75, 3.05) is 21.6 Å². The Kier molecular flexibility index (Phi) is 7.93. The predicted octanol–water partition coefficient (Wildman–Crippen LogP) is 3.13. The van der Waals surface area contributed by atoms with Crippen molar-refractivity contribution >= 4 is 55.5 Å². The third-order valence-corrected chi connectivity index (χ3v) is 7.05. The Morgan fingerprint density at radius 1 is 1.38 bits per heavy atom. The van der Waals surface area contributed by atoms with Gasteiger partial charge in [0.15, 0.2) is 4.34 Å². The van der Waals surface area contributed by atoms with E-state index in [4.69, 9.17) is 0 Å². The van der Waals surface area contributed by atoms with Crippen LogP contribution in [0.25, 0.3) is 0 Å². The number of carbonyl (C=O) groups excluding carboxylic acids is 1. The summed E-state index contributed by atoms with van der Waals surface area (Å²) >= 11 is 2.72. The number of anilines is 2. The van der Waals surface area contributed by atoms with Crippen molar-refractivity contribution in [3.8, 4) is 0 Å². The van der Waals surface area contributed by atoms with Gasteiger partial charge in [0, 0.05) is 17.9 Å². The van der Waals surface area contributed by atoms with Crippen LogP contribution in [-0.4, -0.2) is 47.5 Å². The van der Waals surface area contributed by atoms with Crippen molar-refractivity contribution in [3.05, 3.63) is 34.4 Å². The molecule has 1 amide bonds. The molecule has 0 radical (unpaired) electrons. The molecule has 0 fully saturated rings. The van der Waals surface area contributed by atoms with Crippen molar-refractivity contribution in [3.63, 3.8) is 0 Å². The van der Waals surface area contributed by atoms with Crippen molar-refractivity contribution in [2.24, 2.45) is 0 Å². The lowest BCUT2D eigenvalue weighted by Gasteiger charge is -2.29. The van der Waals surface area contributed by atoms with Crippen molar-refractivity contribution in [1.29, 1.82) is 0 Å². The van der Waals surface area contributed by atoms with Crippen molar-refractivity contribution < 1.29 is 18.1 Å². The molecule has 0 aliphatic rings. The van der Waals surface area contributed by atoms with Crippen LogP contribution in [0.1, 0.15) is 26.7 Å². The normalized spacial score (nSPS) is 12.4. The Morgan fingerprint density at radius 2 is 2.10 bits per heavy atom. The average molecular weight is 460 g/mol. The molecule has 0 bridgehead atoms. The molecule has 2 aromatic rings. The van der Waals surface area contributed by atoms with Gasteiger partial charge in [0.05, 0.1) is 16.9 Å². The number of nitro groups is 1. The zero-order chi connectivity index (χ0) is 21.6. The maximum Gasteiger partial charge on any atom is 0.271 e. The van der Waals surface area contributed by atoms with E-state index in [1.807, 2.05) is 6.92 Å². The van der Waals surface area contributed by atoms with Crippen LogP contribution < -0.4 is 9.62 Å². The summed E-state index contributed by atoms with van der Waals surface area (Å²) in [6.45, 7) is 3.69. The summed E-state index contributed by atoms with van der Waals surface area (Å²) in [5.74, 6) is 0.280. The van der Waals surface area contributed by atoms with E-state index in [2.05, 4.69) is 15.5 Å². The summed E-state index contributed by atoms with van der Waals surface area (Å²) in [6, 6.07) is 4.05. The molecule has 0 aliphatic heterocycles. The van der Waals surface area contributed by atoms with Gasteiger partial charge in [-0.2, -0.15) is 0 Å². The van der Waals surface area contributed by atoms with Crippen molar-refractivity contribution in [2.45, 2.75) is 37.1 Å². The molecule has 1 N–H and O–H groups in total. The Morgan fingerprint density at radius 3 is 2.69 bits per heavy atom. The standard InChI is InChI=1S/C16H21N5O5S3/c1-4-9-27-16-19-18-15(28-16)17-14(22)13(5-2)20(29(3,25)26)11-7-6-8-12(10-11)21(23)24/h6-8,10,13H,4-5,9H2,1-3H3,(H,17,18,22). The third-order valence-electron chi connectivity index (χ3n) is 3.69. The summed E-state index contributed by atoms with van der Waals surface area (Å²) in [5.41, 5.74) is -0.228. The molecular formula is C16H21N5O5S3. The van der Waals surface area contributed by atoms with E-state index >= 15 is 0 Å². The minimum atomic E-state index is -3.90. The van der Waals surface area contributed by atoms with Gasteiger partial charge in [-0.1, -0.05) is 43.0 Å². The van der Waals surface area contributed by atoms with E-state index in [0.29, 0.717) is 4.34 Å². The third kappa shape index (κ3) is 6.11. The van der Waals surface area contributed by atoms with E-state index < -0.39 is 26.9 Å². The first-order valence-electron chi connectivity index (χ1n) is 8.68. The Hall–Kier alpha value is -2.25. The summed E-state index contributed by atoms with van der Waals surface area (Å²) in [7, 11) is -3.90. The first-order chi connectivity index (χ1) is 13.7. The molecule has 1 aromatic carbocycles. The molecule has 0 saturated heterocycles. The molecule has 13 heteroatoms. The number of amides is 1. The number of hydrogen-bond acceptors (Lipinski definition) is 9. The summed E-state index contributed by atoms with van der Waals surface area (Å²) in [6.07, 6.45) is 2.07. The average Bonchev–Trinajstić information content (AvgIpc) is 3.10. The second-order valence-corrected chi connectivity index (χ2v) is 10.1. The Labute approximate surface area is 176 Å². The quantitative estimate of drug-likeness (QED) is 0.248. The highest BCUT2D eigenvalue weighted by Crippen LogP contribution is 2.29.